The lowest BCUT2D eigenvalue weighted by atomic mass is 9.85. The van der Waals surface area contributed by atoms with E-state index in [1.165, 1.54) is 20.3 Å². The van der Waals surface area contributed by atoms with Crippen LogP contribution in [0.5, 0.6) is 11.5 Å². The van der Waals surface area contributed by atoms with E-state index in [-0.39, 0.29) is 30.3 Å². The fourth-order valence-corrected chi connectivity index (χ4v) is 3.68. The minimum absolute atomic E-state index is 0.0956. The van der Waals surface area contributed by atoms with Crippen molar-refractivity contribution < 1.29 is 23.9 Å². The van der Waals surface area contributed by atoms with Crippen molar-refractivity contribution in [2.24, 2.45) is 0 Å². The summed E-state index contributed by atoms with van der Waals surface area (Å²) in [6, 6.07) is 18.0. The van der Waals surface area contributed by atoms with Gasteiger partial charge in [-0.2, -0.15) is 0 Å². The number of rotatable bonds is 10. The molecule has 176 valence electrons. The summed E-state index contributed by atoms with van der Waals surface area (Å²) in [5, 5.41) is 3.36. The molecule has 0 aliphatic heterocycles. The van der Waals surface area contributed by atoms with Crippen LogP contribution in [0.1, 0.15) is 34.7 Å². The molecule has 0 spiro atoms. The van der Waals surface area contributed by atoms with Crippen molar-refractivity contribution in [2.75, 3.05) is 19.5 Å². The van der Waals surface area contributed by atoms with E-state index >= 15 is 0 Å². The van der Waals surface area contributed by atoms with E-state index in [0.717, 1.165) is 0 Å². The number of carbonyl (C=O) groups excluding carboxylic acids is 3. The van der Waals surface area contributed by atoms with Gasteiger partial charge in [0.25, 0.3) is 0 Å². The quantitative estimate of drug-likeness (QED) is 0.274. The number of methoxy groups -OCH3 is 2. The monoisotopic (exact) mass is 499 g/mol. The molecule has 0 heterocycles. The van der Waals surface area contributed by atoms with Gasteiger partial charge in [-0.15, -0.1) is 0 Å². The Morgan fingerprint density at radius 2 is 1.38 bits per heavy atom. The first-order chi connectivity index (χ1) is 16.3. The Balaban J connectivity index is 1.77. The predicted octanol–water partition coefficient (Wildman–Crippen LogP) is 5.97. The minimum atomic E-state index is -1.06. The van der Waals surface area contributed by atoms with Gasteiger partial charge in [0.1, 0.15) is 23.2 Å². The molecule has 0 fully saturated rings. The van der Waals surface area contributed by atoms with Gasteiger partial charge in [-0.25, -0.2) is 0 Å². The first-order valence-corrected chi connectivity index (χ1v) is 11.2. The second-order valence-corrected chi connectivity index (χ2v) is 8.26. The molecule has 0 unspecified atom stereocenters. The third-order valence-corrected chi connectivity index (χ3v) is 5.95. The zero-order valence-corrected chi connectivity index (χ0v) is 20.2. The number of carbonyl (C=O) groups is 3. The Hall–Kier alpha value is -3.35. The summed E-state index contributed by atoms with van der Waals surface area (Å²) >= 11 is 11.9. The SMILES string of the molecule is COc1ccc(C(=O)[C@H](C(=O)CCC(=O)Nc2ccc(Cl)c(Cl)c2)c2ccc(OC)cc2)cc1. The summed E-state index contributed by atoms with van der Waals surface area (Å²) in [7, 11) is 3.07. The molecule has 0 saturated carbocycles. The molecule has 3 rings (SSSR count). The number of amides is 1. The number of hydrogen-bond acceptors (Lipinski definition) is 5. The average Bonchev–Trinajstić information content (AvgIpc) is 2.85. The van der Waals surface area contributed by atoms with Gasteiger partial charge in [-0.3, -0.25) is 14.4 Å². The predicted molar refractivity (Wildman–Crippen MR) is 132 cm³/mol. The van der Waals surface area contributed by atoms with Crippen LogP contribution in [0.3, 0.4) is 0 Å². The van der Waals surface area contributed by atoms with Gasteiger partial charge in [-0.05, 0) is 60.2 Å². The van der Waals surface area contributed by atoms with Crippen LogP contribution >= 0.6 is 23.2 Å². The van der Waals surface area contributed by atoms with Crippen molar-refractivity contribution >= 4 is 46.4 Å². The molecule has 6 nitrogen and oxygen atoms in total. The van der Waals surface area contributed by atoms with E-state index < -0.39 is 5.92 Å². The van der Waals surface area contributed by atoms with Gasteiger partial charge >= 0.3 is 0 Å². The average molecular weight is 500 g/mol. The maximum absolute atomic E-state index is 13.3. The summed E-state index contributed by atoms with van der Waals surface area (Å²) in [5.41, 5.74) is 1.36. The third-order valence-electron chi connectivity index (χ3n) is 5.21. The summed E-state index contributed by atoms with van der Waals surface area (Å²) in [6.45, 7) is 0. The van der Waals surface area contributed by atoms with Crippen molar-refractivity contribution in [1.29, 1.82) is 0 Å². The van der Waals surface area contributed by atoms with E-state index in [1.54, 1.807) is 60.7 Å². The molecule has 1 N–H and O–H groups in total. The molecular weight excluding hydrogens is 477 g/mol. The van der Waals surface area contributed by atoms with Crippen molar-refractivity contribution in [2.45, 2.75) is 18.8 Å². The molecule has 1 atom stereocenters. The third kappa shape index (κ3) is 6.37. The Labute approximate surface area is 207 Å². The molecule has 0 aliphatic rings. The van der Waals surface area contributed by atoms with Gasteiger partial charge in [0.15, 0.2) is 5.78 Å². The topological polar surface area (TPSA) is 81.7 Å². The maximum atomic E-state index is 13.3. The lowest BCUT2D eigenvalue weighted by Crippen LogP contribution is -2.24. The molecule has 3 aromatic rings. The zero-order valence-electron chi connectivity index (χ0n) is 18.6. The molecule has 0 radical (unpaired) electrons. The van der Waals surface area contributed by atoms with Crippen LogP contribution < -0.4 is 14.8 Å². The van der Waals surface area contributed by atoms with Gasteiger partial charge < -0.3 is 14.8 Å². The first-order valence-electron chi connectivity index (χ1n) is 10.4. The van der Waals surface area contributed by atoms with E-state index in [9.17, 15) is 14.4 Å². The van der Waals surface area contributed by atoms with Crippen LogP contribution in [-0.4, -0.2) is 31.7 Å². The van der Waals surface area contributed by atoms with Gasteiger partial charge in [0.2, 0.25) is 5.91 Å². The second-order valence-electron chi connectivity index (χ2n) is 7.44. The number of halogens is 2. The summed E-state index contributed by atoms with van der Waals surface area (Å²) < 4.78 is 10.3. The van der Waals surface area contributed by atoms with E-state index in [0.29, 0.717) is 38.4 Å². The maximum Gasteiger partial charge on any atom is 0.224 e. The van der Waals surface area contributed by atoms with E-state index in [4.69, 9.17) is 32.7 Å². The molecule has 0 saturated heterocycles. The van der Waals surface area contributed by atoms with Crippen molar-refractivity contribution in [1.82, 2.24) is 0 Å². The van der Waals surface area contributed by atoms with Crippen LogP contribution in [0.2, 0.25) is 10.0 Å². The first kappa shape index (κ1) is 25.3. The Morgan fingerprint density at radius 1 is 0.794 bits per heavy atom. The molecule has 3 aromatic carbocycles. The second kappa shape index (κ2) is 11.7. The van der Waals surface area contributed by atoms with Crippen LogP contribution in [0.15, 0.2) is 66.7 Å². The normalized spacial score (nSPS) is 11.4. The molecule has 0 bridgehead atoms. The zero-order chi connectivity index (χ0) is 24.7. The Kier molecular flexibility index (Phi) is 8.68. The lowest BCUT2D eigenvalue weighted by molar-refractivity contribution is -0.123. The number of hydrogen-bond donors (Lipinski definition) is 1. The van der Waals surface area contributed by atoms with Crippen LogP contribution in [0, 0.1) is 0 Å². The highest BCUT2D eigenvalue weighted by Gasteiger charge is 2.29. The molecule has 0 aromatic heterocycles. The number of Topliss-reactive ketones (excluding diaryl/α,β-unsaturated/α-hetero) is 2. The summed E-state index contributed by atoms with van der Waals surface area (Å²) in [5.74, 6) is -0.956. The van der Waals surface area contributed by atoms with E-state index in [2.05, 4.69) is 5.32 Å². The fraction of sp³-hybridized carbons (Fsp3) is 0.192. The smallest absolute Gasteiger partial charge is 0.224 e. The standard InChI is InChI=1S/C26H23Cl2NO5/c1-33-19-8-3-16(4-9-19)25(26(32)17-5-10-20(34-2)11-6-17)23(30)13-14-24(31)29-18-7-12-21(27)22(28)15-18/h3-12,15,25H,13-14H2,1-2H3,(H,29,31)/t25-/m0/s1. The molecule has 34 heavy (non-hydrogen) atoms. The number of ketones is 2. The largest absolute Gasteiger partial charge is 0.497 e. The summed E-state index contributed by atoms with van der Waals surface area (Å²) in [4.78, 5) is 38.9. The van der Waals surface area contributed by atoms with Gasteiger partial charge in [0.05, 0.1) is 24.3 Å². The van der Waals surface area contributed by atoms with Crippen LogP contribution in [0.4, 0.5) is 5.69 Å². The number of ether oxygens (including phenoxy) is 2. The molecular formula is C26H23Cl2NO5. The number of benzene rings is 3. The minimum Gasteiger partial charge on any atom is -0.497 e. The number of anilines is 1. The molecule has 1 amide bonds. The fourth-order valence-electron chi connectivity index (χ4n) is 3.38. The van der Waals surface area contributed by atoms with Crippen LogP contribution in [-0.2, 0) is 9.59 Å². The van der Waals surface area contributed by atoms with Crippen molar-refractivity contribution in [3.8, 4) is 11.5 Å². The van der Waals surface area contributed by atoms with Gasteiger partial charge in [0, 0.05) is 24.1 Å². The Morgan fingerprint density at radius 3 is 1.94 bits per heavy atom. The molecule has 8 heteroatoms. The Bertz CT molecular complexity index is 1180. The van der Waals surface area contributed by atoms with E-state index in [1.807, 2.05) is 0 Å². The molecule has 0 aliphatic carbocycles. The van der Waals surface area contributed by atoms with Crippen LogP contribution in [0.25, 0.3) is 0 Å². The highest BCUT2D eigenvalue weighted by molar-refractivity contribution is 6.42. The highest BCUT2D eigenvalue weighted by atomic mass is 35.5. The summed E-state index contributed by atoms with van der Waals surface area (Å²) in [6.07, 6.45) is -0.215. The number of nitrogens with one attached hydrogen (secondary N) is 1. The lowest BCUT2D eigenvalue weighted by Gasteiger charge is -2.16. The van der Waals surface area contributed by atoms with Crippen molar-refractivity contribution in [3.05, 3.63) is 87.9 Å². The van der Waals surface area contributed by atoms with Gasteiger partial charge in [-0.1, -0.05) is 35.3 Å². The van der Waals surface area contributed by atoms with Crippen molar-refractivity contribution in [3.63, 3.8) is 0 Å². The highest BCUT2D eigenvalue weighted by Crippen LogP contribution is 2.28.